The summed E-state index contributed by atoms with van der Waals surface area (Å²) in [6, 6.07) is 0. The van der Waals surface area contributed by atoms with Crippen LogP contribution in [0.2, 0.25) is 0 Å². The van der Waals surface area contributed by atoms with Gasteiger partial charge in [0.2, 0.25) is 5.91 Å². The number of hydrogen-bond donors (Lipinski definition) is 3. The largest absolute Gasteiger partial charge is 0.395 e. The molecule has 13 heavy (non-hydrogen) atoms. The minimum atomic E-state index is -0.184. The molecule has 0 atom stereocenters. The first-order valence-corrected chi connectivity index (χ1v) is 4.38. The maximum atomic E-state index is 11.0. The number of rotatable bonds is 5. The van der Waals surface area contributed by atoms with E-state index in [0.717, 1.165) is 13.1 Å². The molecule has 0 saturated carbocycles. The van der Waals surface area contributed by atoms with Crippen LogP contribution in [0.4, 0.5) is 0 Å². The van der Waals surface area contributed by atoms with Crippen LogP contribution in [0.25, 0.3) is 0 Å². The van der Waals surface area contributed by atoms with Gasteiger partial charge in [0.05, 0.1) is 12.2 Å². The van der Waals surface area contributed by atoms with Gasteiger partial charge in [0.15, 0.2) is 0 Å². The molecule has 1 saturated heterocycles. The van der Waals surface area contributed by atoms with Gasteiger partial charge in [-0.25, -0.2) is 0 Å². The number of hydrogen-bond acceptors (Lipinski definition) is 4. The van der Waals surface area contributed by atoms with Crippen molar-refractivity contribution >= 4 is 5.91 Å². The van der Waals surface area contributed by atoms with Crippen LogP contribution in [0.3, 0.4) is 0 Å². The number of carbonyl (C=O) groups is 1. The highest BCUT2D eigenvalue weighted by atomic mass is 16.5. The molecule has 1 rings (SSSR count). The number of aliphatic hydroxyl groups is 1. The summed E-state index contributed by atoms with van der Waals surface area (Å²) in [4.78, 5) is 11.0. The molecule has 5 nitrogen and oxygen atoms in total. The molecule has 0 aliphatic carbocycles. The summed E-state index contributed by atoms with van der Waals surface area (Å²) in [5, 5.41) is 14.0. The Bertz CT molecular complexity index is 180. The summed E-state index contributed by atoms with van der Waals surface area (Å²) in [6.07, 6.45) is 0. The van der Waals surface area contributed by atoms with E-state index in [4.69, 9.17) is 9.84 Å². The summed E-state index contributed by atoms with van der Waals surface area (Å²) < 4.78 is 5.37. The Morgan fingerprint density at radius 3 is 2.85 bits per heavy atom. The average Bonchev–Trinajstić information content (AvgIpc) is 2.08. The van der Waals surface area contributed by atoms with Crippen molar-refractivity contribution in [2.24, 2.45) is 0 Å². The van der Waals surface area contributed by atoms with Crippen molar-refractivity contribution in [1.29, 1.82) is 0 Å². The first kappa shape index (κ1) is 10.4. The van der Waals surface area contributed by atoms with E-state index in [9.17, 15) is 4.79 Å². The van der Waals surface area contributed by atoms with Crippen molar-refractivity contribution in [2.75, 3.05) is 32.8 Å². The Morgan fingerprint density at radius 2 is 2.38 bits per heavy atom. The normalized spacial score (nSPS) is 19.2. The molecule has 76 valence electrons. The van der Waals surface area contributed by atoms with Gasteiger partial charge >= 0.3 is 0 Å². The van der Waals surface area contributed by atoms with E-state index in [0.29, 0.717) is 0 Å². The van der Waals surface area contributed by atoms with Gasteiger partial charge in [0, 0.05) is 19.6 Å². The standard InChI is InChI=1S/C8H16N2O3/c1-8(5-9-6-8)13-4-7(12)10-2-3-11/h9,11H,2-6H2,1H3,(H,10,12). The van der Waals surface area contributed by atoms with E-state index in [-0.39, 0.29) is 31.3 Å². The molecule has 0 aromatic rings. The molecule has 1 amide bonds. The molecular formula is C8H16N2O3. The molecule has 0 unspecified atom stereocenters. The van der Waals surface area contributed by atoms with Crippen LogP contribution in [0.1, 0.15) is 6.92 Å². The van der Waals surface area contributed by atoms with Gasteiger partial charge < -0.3 is 20.5 Å². The summed E-state index contributed by atoms with van der Waals surface area (Å²) in [5.41, 5.74) is -0.184. The van der Waals surface area contributed by atoms with E-state index in [1.54, 1.807) is 0 Å². The zero-order chi connectivity index (χ0) is 9.73. The van der Waals surface area contributed by atoms with Gasteiger partial charge in [0.1, 0.15) is 6.61 Å². The highest BCUT2D eigenvalue weighted by Crippen LogP contribution is 2.14. The SMILES string of the molecule is CC1(OCC(=O)NCCO)CNC1. The molecule has 1 heterocycles. The van der Waals surface area contributed by atoms with Crippen LogP contribution in [0.15, 0.2) is 0 Å². The lowest BCUT2D eigenvalue weighted by Crippen LogP contribution is -2.59. The number of amides is 1. The third-order valence-corrected chi connectivity index (χ3v) is 1.98. The highest BCUT2D eigenvalue weighted by molar-refractivity contribution is 5.77. The molecule has 0 aromatic heterocycles. The molecule has 5 heteroatoms. The fraction of sp³-hybridized carbons (Fsp3) is 0.875. The van der Waals surface area contributed by atoms with Crippen molar-refractivity contribution in [3.63, 3.8) is 0 Å². The summed E-state index contributed by atoms with van der Waals surface area (Å²) >= 11 is 0. The van der Waals surface area contributed by atoms with Gasteiger partial charge in [-0.05, 0) is 6.92 Å². The Labute approximate surface area is 77.5 Å². The van der Waals surface area contributed by atoms with Gasteiger partial charge in [-0.2, -0.15) is 0 Å². The monoisotopic (exact) mass is 188 g/mol. The Hall–Kier alpha value is -0.650. The zero-order valence-corrected chi connectivity index (χ0v) is 7.80. The van der Waals surface area contributed by atoms with Crippen LogP contribution >= 0.6 is 0 Å². The predicted octanol–water partition coefficient (Wildman–Crippen LogP) is -1.53. The van der Waals surface area contributed by atoms with Crippen molar-refractivity contribution in [1.82, 2.24) is 10.6 Å². The lowest BCUT2D eigenvalue weighted by Gasteiger charge is -2.38. The molecule has 3 N–H and O–H groups in total. The molecule has 0 spiro atoms. The average molecular weight is 188 g/mol. The van der Waals surface area contributed by atoms with Gasteiger partial charge in [-0.15, -0.1) is 0 Å². The fourth-order valence-corrected chi connectivity index (χ4v) is 1.07. The second-order valence-corrected chi connectivity index (χ2v) is 3.42. The number of ether oxygens (including phenoxy) is 1. The molecule has 1 aliphatic rings. The van der Waals surface area contributed by atoms with E-state index in [2.05, 4.69) is 10.6 Å². The van der Waals surface area contributed by atoms with Crippen LogP contribution < -0.4 is 10.6 Å². The Morgan fingerprint density at radius 1 is 1.69 bits per heavy atom. The predicted molar refractivity (Wildman–Crippen MR) is 47.3 cm³/mol. The first-order valence-electron chi connectivity index (χ1n) is 4.38. The third-order valence-electron chi connectivity index (χ3n) is 1.98. The molecule has 0 aromatic carbocycles. The lowest BCUT2D eigenvalue weighted by atomic mass is 10.0. The molecule has 0 bridgehead atoms. The Balaban J connectivity index is 2.07. The Kier molecular flexibility index (Phi) is 3.65. The maximum absolute atomic E-state index is 11.0. The van der Waals surface area contributed by atoms with Crippen LogP contribution in [-0.4, -0.2) is 49.5 Å². The zero-order valence-electron chi connectivity index (χ0n) is 7.80. The van der Waals surface area contributed by atoms with E-state index in [1.807, 2.05) is 6.92 Å². The number of nitrogens with one attached hydrogen (secondary N) is 2. The second kappa shape index (κ2) is 4.55. The summed E-state index contributed by atoms with van der Waals surface area (Å²) in [6.45, 7) is 3.86. The number of aliphatic hydroxyl groups excluding tert-OH is 1. The molecular weight excluding hydrogens is 172 g/mol. The smallest absolute Gasteiger partial charge is 0.246 e. The van der Waals surface area contributed by atoms with Crippen molar-refractivity contribution in [3.05, 3.63) is 0 Å². The molecule has 1 aliphatic heterocycles. The minimum absolute atomic E-state index is 0.0371. The molecule has 0 radical (unpaired) electrons. The maximum Gasteiger partial charge on any atom is 0.246 e. The van der Waals surface area contributed by atoms with E-state index in [1.165, 1.54) is 0 Å². The van der Waals surface area contributed by atoms with E-state index >= 15 is 0 Å². The molecule has 1 fully saturated rings. The van der Waals surface area contributed by atoms with Crippen LogP contribution in [0, 0.1) is 0 Å². The van der Waals surface area contributed by atoms with E-state index < -0.39 is 0 Å². The summed E-state index contributed by atoms with van der Waals surface area (Å²) in [7, 11) is 0. The topological polar surface area (TPSA) is 70.6 Å². The fourth-order valence-electron chi connectivity index (χ4n) is 1.07. The van der Waals surface area contributed by atoms with Crippen LogP contribution in [-0.2, 0) is 9.53 Å². The van der Waals surface area contributed by atoms with Crippen molar-refractivity contribution in [2.45, 2.75) is 12.5 Å². The van der Waals surface area contributed by atoms with Gasteiger partial charge in [0.25, 0.3) is 0 Å². The summed E-state index contributed by atoms with van der Waals surface area (Å²) in [5.74, 6) is -0.179. The quantitative estimate of drug-likeness (QED) is 0.490. The van der Waals surface area contributed by atoms with Gasteiger partial charge in [-0.1, -0.05) is 0 Å². The third kappa shape index (κ3) is 3.30. The highest BCUT2D eigenvalue weighted by Gasteiger charge is 2.32. The van der Waals surface area contributed by atoms with Gasteiger partial charge in [-0.3, -0.25) is 4.79 Å². The van der Waals surface area contributed by atoms with Crippen LogP contribution in [0.5, 0.6) is 0 Å². The lowest BCUT2D eigenvalue weighted by molar-refractivity contribution is -0.135. The minimum Gasteiger partial charge on any atom is -0.395 e. The first-order chi connectivity index (χ1) is 6.16. The second-order valence-electron chi connectivity index (χ2n) is 3.42. The van der Waals surface area contributed by atoms with Crippen molar-refractivity contribution < 1.29 is 14.6 Å². The number of carbonyl (C=O) groups excluding carboxylic acids is 1. The van der Waals surface area contributed by atoms with Crippen molar-refractivity contribution in [3.8, 4) is 0 Å².